The first-order chi connectivity index (χ1) is 11.5. The number of aryl methyl sites for hydroxylation is 1. The topological polar surface area (TPSA) is 38.1 Å². The van der Waals surface area contributed by atoms with E-state index < -0.39 is 0 Å². The highest BCUT2D eigenvalue weighted by molar-refractivity contribution is 7.12. The highest BCUT2D eigenvalue weighted by atomic mass is 32.1. The van der Waals surface area contributed by atoms with Gasteiger partial charge in [-0.1, -0.05) is 12.1 Å². The van der Waals surface area contributed by atoms with Gasteiger partial charge in [-0.15, -0.1) is 11.3 Å². The van der Waals surface area contributed by atoms with E-state index in [0.29, 0.717) is 12.1 Å². The number of aromatic nitrogens is 2. The Balaban J connectivity index is 1.86. The molecule has 124 valence electrons. The Kier molecular flexibility index (Phi) is 4.49. The quantitative estimate of drug-likeness (QED) is 0.719. The summed E-state index contributed by atoms with van der Waals surface area (Å²) in [5.41, 5.74) is 3.23. The van der Waals surface area contributed by atoms with Crippen LogP contribution in [0.2, 0.25) is 0 Å². The Hall–Kier alpha value is -2.47. The van der Waals surface area contributed by atoms with E-state index in [2.05, 4.69) is 4.98 Å². The van der Waals surface area contributed by atoms with Crippen LogP contribution in [-0.4, -0.2) is 27.4 Å². The third-order valence-electron chi connectivity index (χ3n) is 3.93. The number of halogens is 1. The van der Waals surface area contributed by atoms with E-state index in [1.165, 1.54) is 23.5 Å². The van der Waals surface area contributed by atoms with Crippen LogP contribution >= 0.6 is 11.3 Å². The second-order valence-corrected chi connectivity index (χ2v) is 6.60. The van der Waals surface area contributed by atoms with E-state index in [9.17, 15) is 9.18 Å². The first-order valence-corrected chi connectivity index (χ1v) is 8.44. The third kappa shape index (κ3) is 3.10. The lowest BCUT2D eigenvalue weighted by Crippen LogP contribution is -2.26. The van der Waals surface area contributed by atoms with E-state index in [0.717, 1.165) is 22.1 Å². The molecular formula is C18H18FN3OS. The van der Waals surface area contributed by atoms with Gasteiger partial charge in [-0.3, -0.25) is 9.36 Å². The standard InChI is InChI=1S/C18H18FN3OS/c1-12-9-16(13(2)22(12)18-20-7-8-24-18)17(23)21(3)11-14-5-4-6-15(19)10-14/h4-10H,11H2,1-3H3. The highest BCUT2D eigenvalue weighted by Gasteiger charge is 2.20. The molecule has 0 atom stereocenters. The average Bonchev–Trinajstić information content (AvgIpc) is 3.14. The van der Waals surface area contributed by atoms with Crippen LogP contribution in [0.1, 0.15) is 27.3 Å². The van der Waals surface area contributed by atoms with Crippen LogP contribution in [0.4, 0.5) is 4.39 Å². The molecule has 2 heterocycles. The van der Waals surface area contributed by atoms with Crippen molar-refractivity contribution in [1.29, 1.82) is 0 Å². The highest BCUT2D eigenvalue weighted by Crippen LogP contribution is 2.23. The van der Waals surface area contributed by atoms with Gasteiger partial charge in [0.2, 0.25) is 0 Å². The van der Waals surface area contributed by atoms with Crippen LogP contribution < -0.4 is 0 Å². The average molecular weight is 343 g/mol. The Morgan fingerprint density at radius 2 is 2.12 bits per heavy atom. The van der Waals surface area contributed by atoms with Gasteiger partial charge >= 0.3 is 0 Å². The van der Waals surface area contributed by atoms with Crippen LogP contribution in [0.25, 0.3) is 5.13 Å². The second kappa shape index (κ2) is 6.57. The Morgan fingerprint density at radius 3 is 2.79 bits per heavy atom. The zero-order valence-corrected chi connectivity index (χ0v) is 14.6. The molecule has 0 unspecified atom stereocenters. The predicted molar refractivity (Wildman–Crippen MR) is 93.1 cm³/mol. The number of carbonyl (C=O) groups is 1. The van der Waals surface area contributed by atoms with Gasteiger partial charge in [-0.25, -0.2) is 9.37 Å². The lowest BCUT2D eigenvalue weighted by molar-refractivity contribution is 0.0784. The maximum atomic E-state index is 13.3. The summed E-state index contributed by atoms with van der Waals surface area (Å²) in [6.07, 6.45) is 1.75. The van der Waals surface area contributed by atoms with Crippen LogP contribution in [-0.2, 0) is 6.54 Å². The predicted octanol–water partition coefficient (Wildman–Crippen LogP) is 3.96. The summed E-state index contributed by atoms with van der Waals surface area (Å²) in [6, 6.07) is 8.18. The summed E-state index contributed by atoms with van der Waals surface area (Å²) in [4.78, 5) is 18.7. The Bertz CT molecular complexity index is 871. The number of carbonyl (C=O) groups excluding carboxylic acids is 1. The van der Waals surface area contributed by atoms with Crippen molar-refractivity contribution in [2.75, 3.05) is 7.05 Å². The second-order valence-electron chi connectivity index (χ2n) is 5.73. The molecule has 4 nitrogen and oxygen atoms in total. The first kappa shape index (κ1) is 16.4. The molecule has 0 aliphatic heterocycles. The SMILES string of the molecule is Cc1cc(C(=O)N(C)Cc2cccc(F)c2)c(C)n1-c1nccs1. The fourth-order valence-corrected chi connectivity index (χ4v) is 3.54. The number of amides is 1. The minimum atomic E-state index is -0.296. The molecule has 0 aliphatic carbocycles. The number of rotatable bonds is 4. The van der Waals surface area contributed by atoms with Gasteiger partial charge in [0.1, 0.15) is 5.82 Å². The zero-order valence-electron chi connectivity index (χ0n) is 13.8. The molecule has 0 N–H and O–H groups in total. The molecule has 3 rings (SSSR count). The molecule has 0 spiro atoms. The maximum Gasteiger partial charge on any atom is 0.255 e. The van der Waals surface area contributed by atoms with Crippen LogP contribution in [0.3, 0.4) is 0 Å². The molecule has 1 amide bonds. The fraction of sp³-hybridized carbons (Fsp3) is 0.222. The van der Waals surface area contributed by atoms with Gasteiger partial charge in [0.05, 0.1) is 5.56 Å². The molecule has 0 aliphatic rings. The summed E-state index contributed by atoms with van der Waals surface area (Å²) in [5, 5.41) is 2.75. The lowest BCUT2D eigenvalue weighted by Gasteiger charge is -2.17. The van der Waals surface area contributed by atoms with Crippen molar-refractivity contribution in [2.24, 2.45) is 0 Å². The molecule has 3 aromatic rings. The minimum absolute atomic E-state index is 0.0878. The van der Waals surface area contributed by atoms with Crippen LogP contribution in [0, 0.1) is 19.7 Å². The smallest absolute Gasteiger partial charge is 0.255 e. The van der Waals surface area contributed by atoms with E-state index in [1.807, 2.05) is 35.9 Å². The molecule has 2 aromatic heterocycles. The largest absolute Gasteiger partial charge is 0.337 e. The van der Waals surface area contributed by atoms with Gasteiger partial charge < -0.3 is 4.90 Å². The van der Waals surface area contributed by atoms with E-state index in [1.54, 1.807) is 24.2 Å². The summed E-state index contributed by atoms with van der Waals surface area (Å²) < 4.78 is 15.3. The van der Waals surface area contributed by atoms with E-state index in [4.69, 9.17) is 0 Å². The van der Waals surface area contributed by atoms with Crippen molar-refractivity contribution < 1.29 is 9.18 Å². The molecule has 1 aromatic carbocycles. The third-order valence-corrected chi connectivity index (χ3v) is 4.68. The van der Waals surface area contributed by atoms with Gasteiger partial charge in [-0.05, 0) is 37.6 Å². The van der Waals surface area contributed by atoms with Gasteiger partial charge in [0.25, 0.3) is 5.91 Å². The summed E-state index contributed by atoms with van der Waals surface area (Å²) >= 11 is 1.53. The van der Waals surface area contributed by atoms with E-state index in [-0.39, 0.29) is 11.7 Å². The Morgan fingerprint density at radius 1 is 1.33 bits per heavy atom. The number of benzene rings is 1. The zero-order chi connectivity index (χ0) is 17.3. The molecule has 0 saturated heterocycles. The van der Waals surface area contributed by atoms with Crippen molar-refractivity contribution in [1.82, 2.24) is 14.5 Å². The molecule has 6 heteroatoms. The normalized spacial score (nSPS) is 10.8. The van der Waals surface area contributed by atoms with Gasteiger partial charge in [0.15, 0.2) is 5.13 Å². The van der Waals surface area contributed by atoms with Crippen molar-refractivity contribution in [2.45, 2.75) is 20.4 Å². The monoisotopic (exact) mass is 343 g/mol. The number of hydrogen-bond donors (Lipinski definition) is 0. The number of thiazole rings is 1. The van der Waals surface area contributed by atoms with Crippen molar-refractivity contribution in [3.8, 4) is 5.13 Å². The lowest BCUT2D eigenvalue weighted by atomic mass is 10.1. The molecule has 0 bridgehead atoms. The van der Waals surface area contributed by atoms with Crippen molar-refractivity contribution in [3.05, 3.63) is 70.2 Å². The summed E-state index contributed by atoms with van der Waals surface area (Å²) in [7, 11) is 1.72. The van der Waals surface area contributed by atoms with Gasteiger partial charge in [-0.2, -0.15) is 0 Å². The minimum Gasteiger partial charge on any atom is -0.337 e. The molecule has 0 radical (unpaired) electrons. The number of hydrogen-bond acceptors (Lipinski definition) is 3. The first-order valence-electron chi connectivity index (χ1n) is 7.56. The molecular weight excluding hydrogens is 325 g/mol. The van der Waals surface area contributed by atoms with Crippen LogP contribution in [0.15, 0.2) is 41.9 Å². The van der Waals surface area contributed by atoms with Crippen LogP contribution in [0.5, 0.6) is 0 Å². The molecule has 0 fully saturated rings. The van der Waals surface area contributed by atoms with Gasteiger partial charge in [0, 0.05) is 36.6 Å². The summed E-state index contributed by atoms with van der Waals surface area (Å²) in [6.45, 7) is 4.23. The molecule has 24 heavy (non-hydrogen) atoms. The van der Waals surface area contributed by atoms with Crippen molar-refractivity contribution in [3.63, 3.8) is 0 Å². The molecule has 0 saturated carbocycles. The number of nitrogens with zero attached hydrogens (tertiary/aromatic N) is 3. The van der Waals surface area contributed by atoms with Crippen molar-refractivity contribution >= 4 is 17.2 Å². The maximum absolute atomic E-state index is 13.3. The Labute approximate surface area is 144 Å². The fourth-order valence-electron chi connectivity index (χ4n) is 2.79. The van der Waals surface area contributed by atoms with E-state index >= 15 is 0 Å². The summed E-state index contributed by atoms with van der Waals surface area (Å²) in [5.74, 6) is -0.384.